The fraction of sp³-hybridized carbons (Fsp3) is 0.0909. The zero-order chi connectivity index (χ0) is 22.0. The smallest absolute Gasteiger partial charge is 0.345 e. The number of H-pyrrole nitrogens is 1. The van der Waals surface area contributed by atoms with Crippen molar-refractivity contribution >= 4 is 40.0 Å². The second kappa shape index (κ2) is 8.41. The maximum atomic E-state index is 12.4. The van der Waals surface area contributed by atoms with E-state index in [1.54, 1.807) is 36.7 Å². The van der Waals surface area contributed by atoms with E-state index in [4.69, 9.17) is 16.2 Å². The Hall–Kier alpha value is -3.98. The molecule has 9 heteroatoms. The minimum Gasteiger partial charge on any atom is -0.477 e. The number of amidine groups is 1. The van der Waals surface area contributed by atoms with Gasteiger partial charge in [0.2, 0.25) is 0 Å². The lowest BCUT2D eigenvalue weighted by molar-refractivity contribution is 0.0702. The quantitative estimate of drug-likeness (QED) is 0.224. The van der Waals surface area contributed by atoms with Gasteiger partial charge in [0.25, 0.3) is 5.91 Å². The van der Waals surface area contributed by atoms with Crippen molar-refractivity contribution in [3.63, 3.8) is 0 Å². The van der Waals surface area contributed by atoms with Crippen LogP contribution in [0.25, 0.3) is 21.3 Å². The zero-order valence-corrected chi connectivity index (χ0v) is 17.1. The molecule has 6 N–H and O–H groups in total. The van der Waals surface area contributed by atoms with Gasteiger partial charge in [0.1, 0.15) is 16.4 Å². The van der Waals surface area contributed by atoms with Gasteiger partial charge in [-0.2, -0.15) is 0 Å². The van der Waals surface area contributed by atoms with Crippen molar-refractivity contribution in [2.24, 2.45) is 5.73 Å². The third kappa shape index (κ3) is 4.31. The van der Waals surface area contributed by atoms with Gasteiger partial charge < -0.3 is 21.1 Å². The number of carbonyl (C=O) groups excluding carboxylic acids is 1. The van der Waals surface area contributed by atoms with Gasteiger partial charge in [-0.1, -0.05) is 6.07 Å². The summed E-state index contributed by atoms with van der Waals surface area (Å²) in [4.78, 5) is 31.7. The van der Waals surface area contributed by atoms with Crippen LogP contribution in [0.3, 0.4) is 0 Å². The van der Waals surface area contributed by atoms with Gasteiger partial charge >= 0.3 is 5.97 Å². The lowest BCUT2D eigenvalue weighted by Crippen LogP contribution is -2.26. The van der Waals surface area contributed by atoms with Crippen molar-refractivity contribution in [1.29, 1.82) is 5.41 Å². The first-order valence-electron chi connectivity index (χ1n) is 9.44. The molecule has 1 aromatic carbocycles. The molecule has 0 aliphatic heterocycles. The van der Waals surface area contributed by atoms with E-state index in [0.717, 1.165) is 38.2 Å². The highest BCUT2D eigenvalue weighted by atomic mass is 32.1. The summed E-state index contributed by atoms with van der Waals surface area (Å²) in [6.45, 7) is 0.431. The van der Waals surface area contributed by atoms with Crippen molar-refractivity contribution in [1.82, 2.24) is 15.3 Å². The molecule has 0 fully saturated rings. The van der Waals surface area contributed by atoms with Gasteiger partial charge in [0, 0.05) is 45.8 Å². The number of benzene rings is 1. The van der Waals surface area contributed by atoms with Gasteiger partial charge in [-0.25, -0.2) is 4.79 Å². The number of aromatic amines is 1. The average molecular weight is 433 g/mol. The molecule has 4 rings (SSSR count). The second-order valence-corrected chi connectivity index (χ2v) is 7.99. The lowest BCUT2D eigenvalue weighted by Gasteiger charge is -2.06. The molecule has 8 nitrogen and oxygen atoms in total. The van der Waals surface area contributed by atoms with E-state index in [9.17, 15) is 9.59 Å². The van der Waals surface area contributed by atoms with Crippen molar-refractivity contribution in [3.8, 4) is 10.4 Å². The summed E-state index contributed by atoms with van der Waals surface area (Å²) < 4.78 is 0. The number of nitrogens with zero attached hydrogens (tertiary/aromatic N) is 1. The topological polar surface area (TPSA) is 145 Å². The van der Waals surface area contributed by atoms with Gasteiger partial charge in [-0.05, 0) is 48.4 Å². The van der Waals surface area contributed by atoms with E-state index in [2.05, 4.69) is 15.3 Å². The molecule has 0 aliphatic carbocycles. The summed E-state index contributed by atoms with van der Waals surface area (Å²) in [6, 6.07) is 12.5. The molecule has 0 saturated heterocycles. The predicted octanol–water partition coefficient (Wildman–Crippen LogP) is 3.25. The number of nitrogens with one attached hydrogen (secondary N) is 3. The predicted molar refractivity (Wildman–Crippen MR) is 120 cm³/mol. The Morgan fingerprint density at radius 1 is 1.19 bits per heavy atom. The number of carboxylic acids is 1. The summed E-state index contributed by atoms with van der Waals surface area (Å²) in [7, 11) is 0. The van der Waals surface area contributed by atoms with Crippen molar-refractivity contribution < 1.29 is 14.7 Å². The molecule has 1 amide bonds. The Labute approximate surface area is 181 Å². The lowest BCUT2D eigenvalue weighted by atomic mass is 10.1. The number of nitrogen functional groups attached to an aromatic ring is 1. The number of nitrogens with two attached hydrogens (primary N) is 1. The van der Waals surface area contributed by atoms with Crippen LogP contribution in [-0.2, 0) is 6.42 Å². The number of hydrogen-bond donors (Lipinski definition) is 5. The summed E-state index contributed by atoms with van der Waals surface area (Å²) in [5.74, 6) is -1.24. The largest absolute Gasteiger partial charge is 0.477 e. The fourth-order valence-electron chi connectivity index (χ4n) is 3.24. The molecule has 4 aromatic rings. The van der Waals surface area contributed by atoms with Crippen LogP contribution in [0.5, 0.6) is 0 Å². The monoisotopic (exact) mass is 433 g/mol. The van der Waals surface area contributed by atoms with Gasteiger partial charge in [-0.15, -0.1) is 11.3 Å². The molecule has 3 heterocycles. The molecular formula is C22H19N5O3S. The number of carboxylic acid groups (broad SMARTS) is 1. The molecule has 31 heavy (non-hydrogen) atoms. The fourth-order valence-corrected chi connectivity index (χ4v) is 4.07. The molecule has 0 saturated carbocycles. The molecule has 0 atom stereocenters. The van der Waals surface area contributed by atoms with Crippen molar-refractivity contribution in [3.05, 3.63) is 76.6 Å². The Kier molecular flexibility index (Phi) is 5.50. The van der Waals surface area contributed by atoms with Gasteiger partial charge in [0.15, 0.2) is 0 Å². The molecule has 156 valence electrons. The third-order valence-corrected chi connectivity index (χ3v) is 5.96. The van der Waals surface area contributed by atoms with E-state index < -0.39 is 5.97 Å². The normalized spacial score (nSPS) is 10.8. The van der Waals surface area contributed by atoms with E-state index in [1.165, 1.54) is 0 Å². The number of aromatic carboxylic acids is 1. The summed E-state index contributed by atoms with van der Waals surface area (Å²) in [5, 5.41) is 20.4. The number of aromatic nitrogens is 2. The number of pyridine rings is 1. The van der Waals surface area contributed by atoms with Crippen LogP contribution in [0, 0.1) is 5.41 Å². The summed E-state index contributed by atoms with van der Waals surface area (Å²) in [5.41, 5.74) is 9.25. The molecule has 3 aromatic heterocycles. The molecular weight excluding hydrogens is 414 g/mol. The molecule has 0 aliphatic rings. The van der Waals surface area contributed by atoms with E-state index in [1.807, 2.05) is 18.2 Å². The maximum Gasteiger partial charge on any atom is 0.345 e. The first-order valence-corrected chi connectivity index (χ1v) is 10.3. The van der Waals surface area contributed by atoms with Crippen LogP contribution in [0.4, 0.5) is 0 Å². The highest BCUT2D eigenvalue weighted by Gasteiger charge is 2.11. The minimum absolute atomic E-state index is 0.00737. The SMILES string of the molecule is N=C(N)c1c[nH]c2ccc(CCNC(=O)c3ccc(-c4ccc(C(=O)O)s4)cn3)cc12. The first-order chi connectivity index (χ1) is 14.9. The van der Waals surface area contributed by atoms with E-state index in [-0.39, 0.29) is 16.6 Å². The summed E-state index contributed by atoms with van der Waals surface area (Å²) >= 11 is 1.16. The van der Waals surface area contributed by atoms with Crippen LogP contribution in [0.15, 0.2) is 54.9 Å². The average Bonchev–Trinajstić information content (AvgIpc) is 3.41. The van der Waals surface area contributed by atoms with E-state index >= 15 is 0 Å². The van der Waals surface area contributed by atoms with E-state index in [0.29, 0.717) is 24.2 Å². The minimum atomic E-state index is -0.964. The third-order valence-electron chi connectivity index (χ3n) is 4.83. The van der Waals surface area contributed by atoms with Crippen LogP contribution >= 0.6 is 11.3 Å². The molecule has 0 unspecified atom stereocenters. The van der Waals surface area contributed by atoms with Crippen LogP contribution < -0.4 is 11.1 Å². The second-order valence-electron chi connectivity index (χ2n) is 6.90. The standard InChI is InChI=1S/C22H19N5O3S/c23-20(24)15-11-27-16-3-1-12(9-14(15)16)7-8-25-21(28)17-4-2-13(10-26-17)18-5-6-19(31-18)22(29)30/h1-6,9-11,27H,7-8H2,(H3,23,24)(H,25,28)(H,29,30). The highest BCUT2D eigenvalue weighted by Crippen LogP contribution is 2.27. The molecule has 0 spiro atoms. The van der Waals surface area contributed by atoms with Crippen molar-refractivity contribution in [2.75, 3.05) is 6.54 Å². The number of fused-ring (bicyclic) bond motifs is 1. The number of carbonyl (C=O) groups is 2. The Bertz CT molecular complexity index is 1290. The maximum absolute atomic E-state index is 12.4. The number of rotatable bonds is 7. The molecule has 0 radical (unpaired) electrons. The molecule has 0 bridgehead atoms. The number of thiophene rings is 1. The van der Waals surface area contributed by atoms with Gasteiger partial charge in [0.05, 0.1) is 0 Å². The highest BCUT2D eigenvalue weighted by molar-refractivity contribution is 7.17. The van der Waals surface area contributed by atoms with Crippen LogP contribution in [-0.4, -0.2) is 39.3 Å². The Morgan fingerprint density at radius 2 is 2.03 bits per heavy atom. The van der Waals surface area contributed by atoms with Crippen molar-refractivity contribution in [2.45, 2.75) is 6.42 Å². The number of amides is 1. The van der Waals surface area contributed by atoms with Crippen LogP contribution in [0.1, 0.15) is 31.3 Å². The van der Waals surface area contributed by atoms with Gasteiger partial charge in [-0.3, -0.25) is 15.2 Å². The number of hydrogen-bond acceptors (Lipinski definition) is 5. The zero-order valence-electron chi connectivity index (χ0n) is 16.3. The summed E-state index contributed by atoms with van der Waals surface area (Å²) in [6.07, 6.45) is 3.90. The Balaban J connectivity index is 1.37. The first kappa shape index (κ1) is 20.3. The van der Waals surface area contributed by atoms with Crippen LogP contribution in [0.2, 0.25) is 0 Å². The Morgan fingerprint density at radius 3 is 2.71 bits per heavy atom.